The molecule has 0 radical (unpaired) electrons. The number of aromatic hydroxyl groups is 2. The molecule has 3 N–H and O–H groups in total. The summed E-state index contributed by atoms with van der Waals surface area (Å²) in [7, 11) is 0. The summed E-state index contributed by atoms with van der Waals surface area (Å²) in [5.41, 5.74) is 0.599. The second-order valence-electron chi connectivity index (χ2n) is 4.15. The number of phenolic OH excluding ortho intramolecular Hbond substituents is 2. The van der Waals surface area contributed by atoms with Gasteiger partial charge in [-0.25, -0.2) is 0 Å². The third kappa shape index (κ3) is 1.68. The number of hydrogen-bond donors (Lipinski definition) is 3. The maximum atomic E-state index is 9.77. The summed E-state index contributed by atoms with van der Waals surface area (Å²) in [6.45, 7) is 5.25. The van der Waals surface area contributed by atoms with Crippen molar-refractivity contribution in [1.82, 2.24) is 0 Å². The van der Waals surface area contributed by atoms with Crippen molar-refractivity contribution >= 4 is 0 Å². The molecule has 0 aliphatic rings. The predicted molar refractivity (Wildman–Crippen MR) is 54.6 cm³/mol. The van der Waals surface area contributed by atoms with Crippen molar-refractivity contribution in [1.29, 1.82) is 0 Å². The van der Waals surface area contributed by atoms with Gasteiger partial charge >= 0.3 is 0 Å². The standard InChI is InChI=1S/C11H16O3/c1-7-9(13)5-4-8(10(7)14)11(2,3)6-12/h4-5,12-14H,6H2,1-3H3. The molecular weight excluding hydrogens is 180 g/mol. The van der Waals surface area contributed by atoms with Crippen molar-refractivity contribution in [3.05, 3.63) is 23.3 Å². The molecule has 1 aromatic carbocycles. The first-order valence-corrected chi connectivity index (χ1v) is 4.53. The molecule has 0 aromatic heterocycles. The van der Waals surface area contributed by atoms with Crippen LogP contribution in [-0.4, -0.2) is 21.9 Å². The van der Waals surface area contributed by atoms with Crippen molar-refractivity contribution in [3.8, 4) is 11.5 Å². The molecule has 78 valence electrons. The van der Waals surface area contributed by atoms with Crippen LogP contribution in [0.3, 0.4) is 0 Å². The number of phenols is 2. The zero-order valence-corrected chi connectivity index (χ0v) is 8.70. The molecule has 3 nitrogen and oxygen atoms in total. The Morgan fingerprint density at radius 1 is 1.21 bits per heavy atom. The van der Waals surface area contributed by atoms with Gasteiger partial charge in [-0.2, -0.15) is 0 Å². The van der Waals surface area contributed by atoms with Crippen LogP contribution in [0.5, 0.6) is 11.5 Å². The Hall–Kier alpha value is -1.22. The van der Waals surface area contributed by atoms with Gasteiger partial charge in [0.15, 0.2) is 0 Å². The first-order chi connectivity index (χ1) is 6.40. The summed E-state index contributed by atoms with van der Waals surface area (Å²) in [5, 5.41) is 28.3. The van der Waals surface area contributed by atoms with E-state index in [4.69, 9.17) is 5.11 Å². The van der Waals surface area contributed by atoms with Gasteiger partial charge in [0, 0.05) is 16.5 Å². The second kappa shape index (κ2) is 3.50. The van der Waals surface area contributed by atoms with E-state index in [1.807, 2.05) is 13.8 Å². The smallest absolute Gasteiger partial charge is 0.125 e. The average molecular weight is 196 g/mol. The molecule has 0 saturated carbocycles. The van der Waals surface area contributed by atoms with E-state index in [2.05, 4.69) is 0 Å². The molecule has 0 heterocycles. The van der Waals surface area contributed by atoms with Crippen LogP contribution in [0.1, 0.15) is 25.0 Å². The molecule has 0 bridgehead atoms. The van der Waals surface area contributed by atoms with E-state index in [9.17, 15) is 10.2 Å². The lowest BCUT2D eigenvalue weighted by molar-refractivity contribution is 0.215. The molecule has 0 atom stereocenters. The number of benzene rings is 1. The van der Waals surface area contributed by atoms with Gasteiger partial charge in [-0.1, -0.05) is 19.9 Å². The highest BCUT2D eigenvalue weighted by Gasteiger charge is 2.24. The first kappa shape index (κ1) is 10.9. The number of hydrogen-bond acceptors (Lipinski definition) is 3. The van der Waals surface area contributed by atoms with Gasteiger partial charge in [0.1, 0.15) is 11.5 Å². The first-order valence-electron chi connectivity index (χ1n) is 4.53. The summed E-state index contributed by atoms with van der Waals surface area (Å²) in [6.07, 6.45) is 0. The molecule has 3 heteroatoms. The molecule has 0 aliphatic carbocycles. The zero-order chi connectivity index (χ0) is 10.9. The monoisotopic (exact) mass is 196 g/mol. The Bertz CT molecular complexity index is 343. The van der Waals surface area contributed by atoms with Gasteiger partial charge in [-0.15, -0.1) is 0 Å². The molecular formula is C11H16O3. The van der Waals surface area contributed by atoms with E-state index >= 15 is 0 Å². The molecule has 1 rings (SSSR count). The Kier molecular flexibility index (Phi) is 2.71. The Morgan fingerprint density at radius 2 is 1.79 bits per heavy atom. The number of aliphatic hydroxyl groups is 1. The Labute approximate surface area is 83.6 Å². The summed E-state index contributed by atoms with van der Waals surface area (Å²) >= 11 is 0. The lowest BCUT2D eigenvalue weighted by atomic mass is 9.84. The highest BCUT2D eigenvalue weighted by atomic mass is 16.3. The zero-order valence-electron chi connectivity index (χ0n) is 8.70. The quantitative estimate of drug-likeness (QED) is 0.674. The number of aliphatic hydroxyl groups excluding tert-OH is 1. The van der Waals surface area contributed by atoms with Gasteiger partial charge < -0.3 is 15.3 Å². The summed E-state index contributed by atoms with van der Waals surface area (Å²) in [4.78, 5) is 0. The van der Waals surface area contributed by atoms with E-state index in [0.717, 1.165) is 0 Å². The fraction of sp³-hybridized carbons (Fsp3) is 0.455. The highest BCUT2D eigenvalue weighted by Crippen LogP contribution is 2.36. The molecule has 0 fully saturated rings. The second-order valence-corrected chi connectivity index (χ2v) is 4.15. The normalized spacial score (nSPS) is 11.7. The molecule has 0 aliphatic heterocycles. The van der Waals surface area contributed by atoms with Crippen molar-refractivity contribution in [3.63, 3.8) is 0 Å². The van der Waals surface area contributed by atoms with E-state index < -0.39 is 5.41 Å². The van der Waals surface area contributed by atoms with Crippen LogP contribution in [0.4, 0.5) is 0 Å². The largest absolute Gasteiger partial charge is 0.508 e. The average Bonchev–Trinajstić information content (AvgIpc) is 2.14. The van der Waals surface area contributed by atoms with Crippen LogP contribution < -0.4 is 0 Å². The van der Waals surface area contributed by atoms with Gasteiger partial charge in [-0.3, -0.25) is 0 Å². The van der Waals surface area contributed by atoms with E-state index in [1.54, 1.807) is 13.0 Å². The highest BCUT2D eigenvalue weighted by molar-refractivity contribution is 5.50. The molecule has 0 amide bonds. The molecule has 0 spiro atoms. The SMILES string of the molecule is Cc1c(O)ccc(C(C)(C)CO)c1O. The third-order valence-corrected chi connectivity index (χ3v) is 2.53. The molecule has 0 unspecified atom stereocenters. The van der Waals surface area contributed by atoms with Crippen LogP contribution in [0.25, 0.3) is 0 Å². The minimum absolute atomic E-state index is 0.0508. The molecule has 0 saturated heterocycles. The van der Waals surface area contributed by atoms with E-state index in [0.29, 0.717) is 11.1 Å². The maximum Gasteiger partial charge on any atom is 0.125 e. The lowest BCUT2D eigenvalue weighted by Gasteiger charge is -2.24. The van der Waals surface area contributed by atoms with Gasteiger partial charge in [0.05, 0.1) is 6.61 Å². The third-order valence-electron chi connectivity index (χ3n) is 2.53. The summed E-state index contributed by atoms with van der Waals surface area (Å²) in [5.74, 6) is 0.129. The lowest BCUT2D eigenvalue weighted by Crippen LogP contribution is -2.22. The van der Waals surface area contributed by atoms with Crippen LogP contribution in [-0.2, 0) is 5.41 Å². The number of rotatable bonds is 2. The van der Waals surface area contributed by atoms with Crippen LogP contribution in [0.2, 0.25) is 0 Å². The van der Waals surface area contributed by atoms with Gasteiger partial charge in [0.25, 0.3) is 0 Å². The predicted octanol–water partition coefficient (Wildman–Crippen LogP) is 1.68. The van der Waals surface area contributed by atoms with Gasteiger partial charge in [-0.05, 0) is 13.0 Å². The summed E-state index contributed by atoms with van der Waals surface area (Å²) in [6, 6.07) is 3.16. The Morgan fingerprint density at radius 3 is 2.29 bits per heavy atom. The molecule has 14 heavy (non-hydrogen) atoms. The van der Waals surface area contributed by atoms with E-state index in [-0.39, 0.29) is 18.1 Å². The van der Waals surface area contributed by atoms with Crippen molar-refractivity contribution in [2.75, 3.05) is 6.61 Å². The van der Waals surface area contributed by atoms with E-state index in [1.165, 1.54) is 6.07 Å². The topological polar surface area (TPSA) is 60.7 Å². The van der Waals surface area contributed by atoms with Crippen molar-refractivity contribution in [2.45, 2.75) is 26.2 Å². The Balaban J connectivity index is 3.31. The fourth-order valence-electron chi connectivity index (χ4n) is 1.32. The minimum Gasteiger partial charge on any atom is -0.508 e. The minimum atomic E-state index is -0.497. The maximum absolute atomic E-state index is 9.77. The fourth-order valence-corrected chi connectivity index (χ4v) is 1.32. The van der Waals surface area contributed by atoms with Crippen molar-refractivity contribution in [2.24, 2.45) is 0 Å². The summed E-state index contributed by atoms with van der Waals surface area (Å²) < 4.78 is 0. The van der Waals surface area contributed by atoms with Crippen molar-refractivity contribution < 1.29 is 15.3 Å². The van der Waals surface area contributed by atoms with Crippen LogP contribution in [0.15, 0.2) is 12.1 Å². The van der Waals surface area contributed by atoms with Crippen LogP contribution >= 0.6 is 0 Å². The van der Waals surface area contributed by atoms with Gasteiger partial charge in [0.2, 0.25) is 0 Å². The molecule has 1 aromatic rings. The van der Waals surface area contributed by atoms with Crippen LogP contribution in [0, 0.1) is 6.92 Å².